The number of thiophene rings is 1. The van der Waals surface area contributed by atoms with E-state index in [4.69, 9.17) is 4.74 Å². The largest absolute Gasteiger partial charge is 0.475 e. The summed E-state index contributed by atoms with van der Waals surface area (Å²) in [6.45, 7) is 2.37. The first-order valence-electron chi connectivity index (χ1n) is 9.12. The molecule has 3 atom stereocenters. The van der Waals surface area contributed by atoms with Gasteiger partial charge in [0.25, 0.3) is 0 Å². The summed E-state index contributed by atoms with van der Waals surface area (Å²) in [5.74, 6) is 0.494. The zero-order chi connectivity index (χ0) is 20.8. The fourth-order valence-electron chi connectivity index (χ4n) is 3.16. The normalized spacial score (nSPS) is 19.9. The van der Waals surface area contributed by atoms with Crippen LogP contribution in [0.25, 0.3) is 11.2 Å². The second-order valence-corrected chi connectivity index (χ2v) is 8.26. The molecule has 2 N–H and O–H groups in total. The van der Waals surface area contributed by atoms with Crippen LogP contribution in [0, 0.1) is 12.8 Å². The predicted octanol–water partition coefficient (Wildman–Crippen LogP) is 4.25. The zero-order valence-corrected chi connectivity index (χ0v) is 16.5. The molecule has 29 heavy (non-hydrogen) atoms. The second-order valence-electron chi connectivity index (χ2n) is 7.18. The number of pyridine rings is 1. The van der Waals surface area contributed by atoms with Gasteiger partial charge in [0.05, 0.1) is 6.04 Å². The molecule has 3 aromatic rings. The SMILES string of the molecule is Cc1ccc2nc([C@@H]3C[C@H]3C(=O)NC(C)c3ccc(OCC(F)(F)F)s3)[nH]c2n1. The number of nitrogens with zero attached hydrogens (tertiary/aromatic N) is 2. The second kappa shape index (κ2) is 7.33. The fourth-order valence-corrected chi connectivity index (χ4v) is 4.02. The maximum absolute atomic E-state index is 12.6. The monoisotopic (exact) mass is 424 g/mol. The number of imidazole rings is 1. The number of nitrogens with one attached hydrogen (secondary N) is 2. The van der Waals surface area contributed by atoms with Crippen LogP contribution in [-0.4, -0.2) is 33.6 Å². The Morgan fingerprint density at radius 2 is 2.14 bits per heavy atom. The summed E-state index contributed by atoms with van der Waals surface area (Å²) in [6, 6.07) is 6.61. The van der Waals surface area contributed by atoms with Gasteiger partial charge in [-0.25, -0.2) is 9.97 Å². The Hall–Kier alpha value is -2.62. The molecule has 0 saturated heterocycles. The minimum absolute atomic E-state index is 0.0192. The van der Waals surface area contributed by atoms with Crippen molar-refractivity contribution < 1.29 is 22.7 Å². The highest BCUT2D eigenvalue weighted by Gasteiger charge is 2.46. The number of amides is 1. The third-order valence-electron chi connectivity index (χ3n) is 4.74. The molecular weight excluding hydrogens is 405 g/mol. The van der Waals surface area contributed by atoms with Crippen molar-refractivity contribution >= 4 is 28.4 Å². The predicted molar refractivity (Wildman–Crippen MR) is 102 cm³/mol. The van der Waals surface area contributed by atoms with Crippen molar-refractivity contribution in [3.05, 3.63) is 40.7 Å². The molecule has 3 aromatic heterocycles. The third kappa shape index (κ3) is 4.52. The number of ether oxygens (including phenoxy) is 1. The maximum atomic E-state index is 12.6. The minimum Gasteiger partial charge on any atom is -0.475 e. The van der Waals surface area contributed by atoms with E-state index in [0.29, 0.717) is 12.1 Å². The number of aromatic amines is 1. The van der Waals surface area contributed by atoms with Gasteiger partial charge < -0.3 is 15.0 Å². The highest BCUT2D eigenvalue weighted by molar-refractivity contribution is 7.13. The van der Waals surface area contributed by atoms with E-state index in [1.165, 1.54) is 6.07 Å². The number of H-pyrrole nitrogens is 1. The molecule has 1 amide bonds. The highest BCUT2D eigenvalue weighted by atomic mass is 32.1. The van der Waals surface area contributed by atoms with Crippen molar-refractivity contribution in [3.8, 4) is 5.06 Å². The summed E-state index contributed by atoms with van der Waals surface area (Å²) < 4.78 is 41.5. The minimum atomic E-state index is -4.38. The number of aromatic nitrogens is 3. The van der Waals surface area contributed by atoms with Crippen LogP contribution >= 0.6 is 11.3 Å². The molecule has 4 rings (SSSR count). The first-order valence-corrected chi connectivity index (χ1v) is 9.94. The number of fused-ring (bicyclic) bond motifs is 1. The van der Waals surface area contributed by atoms with E-state index >= 15 is 0 Å². The molecule has 10 heteroatoms. The average Bonchev–Trinajstić information content (AvgIpc) is 3.11. The summed E-state index contributed by atoms with van der Waals surface area (Å²) in [5, 5.41) is 3.10. The molecule has 0 aromatic carbocycles. The van der Waals surface area contributed by atoms with Crippen LogP contribution in [0.2, 0.25) is 0 Å². The maximum Gasteiger partial charge on any atom is 0.422 e. The van der Waals surface area contributed by atoms with Gasteiger partial charge in [-0.2, -0.15) is 13.2 Å². The smallest absolute Gasteiger partial charge is 0.422 e. The van der Waals surface area contributed by atoms with Gasteiger partial charge in [0.15, 0.2) is 17.3 Å². The Labute approximate surface area is 168 Å². The summed E-state index contributed by atoms with van der Waals surface area (Å²) >= 11 is 1.09. The molecule has 1 saturated carbocycles. The Morgan fingerprint density at radius 3 is 2.90 bits per heavy atom. The van der Waals surface area contributed by atoms with Gasteiger partial charge in [-0.1, -0.05) is 0 Å². The van der Waals surface area contributed by atoms with Crippen molar-refractivity contribution in [2.24, 2.45) is 5.92 Å². The van der Waals surface area contributed by atoms with Crippen LogP contribution in [0.5, 0.6) is 5.06 Å². The molecule has 0 radical (unpaired) electrons. The van der Waals surface area contributed by atoms with E-state index in [1.54, 1.807) is 13.0 Å². The first kappa shape index (κ1) is 19.7. The molecule has 0 bridgehead atoms. The number of hydrogen-bond donors (Lipinski definition) is 2. The molecule has 1 aliphatic rings. The summed E-state index contributed by atoms with van der Waals surface area (Å²) in [4.78, 5) is 25.4. The summed E-state index contributed by atoms with van der Waals surface area (Å²) in [6.07, 6.45) is -3.68. The van der Waals surface area contributed by atoms with E-state index in [2.05, 4.69) is 20.3 Å². The van der Waals surface area contributed by atoms with Crippen LogP contribution in [0.3, 0.4) is 0 Å². The lowest BCUT2D eigenvalue weighted by molar-refractivity contribution is -0.152. The summed E-state index contributed by atoms with van der Waals surface area (Å²) in [5.41, 5.74) is 2.38. The lowest BCUT2D eigenvalue weighted by Crippen LogP contribution is -2.28. The standard InChI is InChI=1S/C19H19F3N4O2S/c1-9-3-4-13-17(23-9)26-16(25-13)11-7-12(11)18(27)24-10(2)14-5-6-15(29-14)28-8-19(20,21)22/h3-6,10-12H,7-8H2,1-2H3,(H,24,27)(H,23,25,26)/t10?,11-,12-/m1/s1. The fraction of sp³-hybridized carbons (Fsp3) is 0.421. The number of carbonyl (C=O) groups is 1. The van der Waals surface area contributed by atoms with Crippen molar-refractivity contribution in [2.45, 2.75) is 38.4 Å². The van der Waals surface area contributed by atoms with Crippen LogP contribution in [0.1, 0.15) is 41.7 Å². The highest BCUT2D eigenvalue weighted by Crippen LogP contribution is 2.47. The Morgan fingerprint density at radius 1 is 1.34 bits per heavy atom. The Bertz CT molecular complexity index is 1050. The first-order chi connectivity index (χ1) is 13.7. The lowest BCUT2D eigenvalue weighted by atomic mass is 10.2. The van der Waals surface area contributed by atoms with Gasteiger partial charge in [0.1, 0.15) is 11.3 Å². The summed E-state index contributed by atoms with van der Waals surface area (Å²) in [7, 11) is 0. The van der Waals surface area contributed by atoms with Crippen molar-refractivity contribution in [1.82, 2.24) is 20.3 Å². The van der Waals surface area contributed by atoms with E-state index in [0.717, 1.165) is 33.2 Å². The van der Waals surface area contributed by atoms with Crippen molar-refractivity contribution in [3.63, 3.8) is 0 Å². The zero-order valence-electron chi connectivity index (χ0n) is 15.7. The number of alkyl halides is 3. The number of carbonyl (C=O) groups excluding carboxylic acids is 1. The molecule has 6 nitrogen and oxygen atoms in total. The number of aryl methyl sites for hydroxylation is 1. The van der Waals surface area contributed by atoms with E-state index in [1.807, 2.05) is 19.1 Å². The van der Waals surface area contributed by atoms with Crippen LogP contribution in [0.15, 0.2) is 24.3 Å². The molecule has 0 aliphatic heterocycles. The number of rotatable bonds is 6. The molecule has 154 valence electrons. The van der Waals surface area contributed by atoms with Crippen molar-refractivity contribution in [1.29, 1.82) is 0 Å². The Balaban J connectivity index is 1.34. The molecular formula is C19H19F3N4O2S. The number of hydrogen-bond acceptors (Lipinski definition) is 5. The van der Waals surface area contributed by atoms with Gasteiger partial charge >= 0.3 is 6.18 Å². The van der Waals surface area contributed by atoms with Gasteiger partial charge in [0, 0.05) is 22.4 Å². The van der Waals surface area contributed by atoms with Gasteiger partial charge in [-0.05, 0) is 44.5 Å². The van der Waals surface area contributed by atoms with E-state index in [9.17, 15) is 18.0 Å². The van der Waals surface area contributed by atoms with Crippen LogP contribution in [-0.2, 0) is 4.79 Å². The molecule has 1 fully saturated rings. The number of halogens is 3. The van der Waals surface area contributed by atoms with Crippen LogP contribution < -0.4 is 10.1 Å². The topological polar surface area (TPSA) is 79.9 Å². The molecule has 0 spiro atoms. The Kier molecular flexibility index (Phi) is 4.97. The van der Waals surface area contributed by atoms with E-state index < -0.39 is 12.8 Å². The lowest BCUT2D eigenvalue weighted by Gasteiger charge is -2.12. The molecule has 1 aliphatic carbocycles. The average molecular weight is 424 g/mol. The molecule has 1 unspecified atom stereocenters. The molecule has 3 heterocycles. The van der Waals surface area contributed by atoms with Gasteiger partial charge in [-0.15, -0.1) is 11.3 Å². The third-order valence-corrected chi connectivity index (χ3v) is 5.93. The van der Waals surface area contributed by atoms with Gasteiger partial charge in [-0.3, -0.25) is 4.79 Å². The quantitative estimate of drug-likeness (QED) is 0.620. The van der Waals surface area contributed by atoms with Crippen molar-refractivity contribution in [2.75, 3.05) is 6.61 Å². The van der Waals surface area contributed by atoms with Gasteiger partial charge in [0.2, 0.25) is 5.91 Å². The van der Waals surface area contributed by atoms with Crippen LogP contribution in [0.4, 0.5) is 13.2 Å². The van der Waals surface area contributed by atoms with E-state index in [-0.39, 0.29) is 28.8 Å².